The molecule has 0 aromatic heterocycles. The van der Waals surface area contributed by atoms with Crippen LogP contribution in [0.1, 0.15) is 44.1 Å². The first-order valence-electron chi connectivity index (χ1n) is 11.6. The van der Waals surface area contributed by atoms with Gasteiger partial charge in [-0.25, -0.2) is 8.42 Å². The number of carbonyl (C=O) groups excluding carboxylic acids is 2. The maximum atomic E-state index is 13.2. The van der Waals surface area contributed by atoms with Crippen molar-refractivity contribution >= 4 is 21.8 Å². The molecule has 1 aromatic carbocycles. The minimum atomic E-state index is -3.55. The van der Waals surface area contributed by atoms with E-state index in [9.17, 15) is 18.0 Å². The Morgan fingerprint density at radius 1 is 1.03 bits per heavy atom. The molecular formula is C23H33N3O5S. The number of hydrogen-bond donors (Lipinski definition) is 1. The molecule has 2 amide bonds. The van der Waals surface area contributed by atoms with Gasteiger partial charge in [0.05, 0.1) is 11.0 Å². The van der Waals surface area contributed by atoms with Crippen LogP contribution < -0.4 is 5.32 Å². The van der Waals surface area contributed by atoms with E-state index in [1.54, 1.807) is 29.2 Å². The van der Waals surface area contributed by atoms with Gasteiger partial charge in [0.1, 0.15) is 6.04 Å². The van der Waals surface area contributed by atoms with E-state index in [1.807, 2.05) is 6.92 Å². The SMILES string of the molecule is Cc1ccc(S(=O)(=O)N2CCC(C(=O)N3CCCC3C(=O)NCC3CCCO3)CC2)cc1. The van der Waals surface area contributed by atoms with E-state index in [2.05, 4.69) is 5.32 Å². The second kappa shape index (κ2) is 9.89. The summed E-state index contributed by atoms with van der Waals surface area (Å²) < 4.78 is 32.9. The Labute approximate surface area is 190 Å². The van der Waals surface area contributed by atoms with Gasteiger partial charge < -0.3 is 15.0 Å². The molecule has 3 aliphatic heterocycles. The standard InChI is InChI=1S/C23H33N3O5S/c1-17-6-8-20(9-7-17)32(29,30)25-13-10-18(11-14-25)23(28)26-12-2-5-21(26)22(27)24-16-19-4-3-15-31-19/h6-9,18-19,21H,2-5,10-16H2,1H3,(H,24,27). The highest BCUT2D eigenvalue weighted by Gasteiger charge is 2.39. The summed E-state index contributed by atoms with van der Waals surface area (Å²) in [6.07, 6.45) is 4.48. The second-order valence-electron chi connectivity index (χ2n) is 9.06. The van der Waals surface area contributed by atoms with Crippen LogP contribution in [-0.4, -0.2) is 74.4 Å². The van der Waals surface area contributed by atoms with Crippen LogP contribution in [0.2, 0.25) is 0 Å². The molecule has 1 N–H and O–H groups in total. The molecule has 176 valence electrons. The van der Waals surface area contributed by atoms with Crippen LogP contribution in [-0.2, 0) is 24.3 Å². The fourth-order valence-electron chi connectivity index (χ4n) is 4.88. The number of benzene rings is 1. The van der Waals surface area contributed by atoms with E-state index in [1.165, 1.54) is 4.31 Å². The molecule has 3 aliphatic rings. The summed E-state index contributed by atoms with van der Waals surface area (Å²) in [7, 11) is -3.55. The fourth-order valence-corrected chi connectivity index (χ4v) is 6.35. The Hall–Kier alpha value is -1.97. The molecule has 1 aromatic rings. The van der Waals surface area contributed by atoms with Crippen LogP contribution in [0.5, 0.6) is 0 Å². The molecule has 2 unspecified atom stereocenters. The Morgan fingerprint density at radius 3 is 2.41 bits per heavy atom. The van der Waals surface area contributed by atoms with Gasteiger partial charge in [0.15, 0.2) is 0 Å². The highest BCUT2D eigenvalue weighted by atomic mass is 32.2. The largest absolute Gasteiger partial charge is 0.376 e. The minimum Gasteiger partial charge on any atom is -0.376 e. The average Bonchev–Trinajstić information content (AvgIpc) is 3.49. The lowest BCUT2D eigenvalue weighted by molar-refractivity contribution is -0.142. The molecule has 3 fully saturated rings. The molecule has 4 rings (SSSR count). The summed E-state index contributed by atoms with van der Waals surface area (Å²) in [5.74, 6) is -0.371. The van der Waals surface area contributed by atoms with E-state index in [0.29, 0.717) is 45.4 Å². The Morgan fingerprint density at radius 2 is 1.75 bits per heavy atom. The first kappa shape index (κ1) is 23.2. The number of piperidine rings is 1. The predicted octanol–water partition coefficient (Wildman–Crippen LogP) is 1.68. The highest BCUT2D eigenvalue weighted by Crippen LogP contribution is 2.28. The number of amides is 2. The van der Waals surface area contributed by atoms with Crippen LogP contribution in [0.4, 0.5) is 0 Å². The number of sulfonamides is 1. The maximum Gasteiger partial charge on any atom is 0.243 e. The molecule has 32 heavy (non-hydrogen) atoms. The number of hydrogen-bond acceptors (Lipinski definition) is 5. The number of rotatable bonds is 6. The molecule has 3 heterocycles. The zero-order valence-electron chi connectivity index (χ0n) is 18.7. The third-order valence-corrected chi connectivity index (χ3v) is 8.74. The summed E-state index contributed by atoms with van der Waals surface area (Å²) in [4.78, 5) is 27.9. The molecule has 0 saturated carbocycles. The van der Waals surface area contributed by atoms with Crippen molar-refractivity contribution in [1.29, 1.82) is 0 Å². The van der Waals surface area contributed by atoms with Crippen molar-refractivity contribution < 1.29 is 22.7 Å². The summed E-state index contributed by atoms with van der Waals surface area (Å²) in [5.41, 5.74) is 1.01. The van der Waals surface area contributed by atoms with Crippen molar-refractivity contribution in [3.05, 3.63) is 29.8 Å². The van der Waals surface area contributed by atoms with Gasteiger partial charge in [-0.3, -0.25) is 9.59 Å². The van der Waals surface area contributed by atoms with Crippen LogP contribution in [0.25, 0.3) is 0 Å². The zero-order valence-corrected chi connectivity index (χ0v) is 19.5. The molecular weight excluding hydrogens is 430 g/mol. The molecule has 0 radical (unpaired) electrons. The number of nitrogens with one attached hydrogen (secondary N) is 1. The lowest BCUT2D eigenvalue weighted by Crippen LogP contribution is -2.50. The smallest absolute Gasteiger partial charge is 0.243 e. The quantitative estimate of drug-likeness (QED) is 0.693. The van der Waals surface area contributed by atoms with Gasteiger partial charge in [-0.05, 0) is 57.6 Å². The predicted molar refractivity (Wildman–Crippen MR) is 119 cm³/mol. The van der Waals surface area contributed by atoms with E-state index in [-0.39, 0.29) is 28.7 Å². The average molecular weight is 464 g/mol. The molecule has 3 saturated heterocycles. The van der Waals surface area contributed by atoms with Gasteiger partial charge in [0, 0.05) is 38.7 Å². The van der Waals surface area contributed by atoms with Crippen LogP contribution in [0, 0.1) is 12.8 Å². The summed E-state index contributed by atoms with van der Waals surface area (Å²) in [6.45, 7) is 4.37. The first-order chi connectivity index (χ1) is 15.4. The van der Waals surface area contributed by atoms with Gasteiger partial charge in [0.25, 0.3) is 0 Å². The van der Waals surface area contributed by atoms with Gasteiger partial charge in [0.2, 0.25) is 21.8 Å². The van der Waals surface area contributed by atoms with E-state index in [4.69, 9.17) is 4.74 Å². The minimum absolute atomic E-state index is 0.0212. The molecule has 0 aliphatic carbocycles. The van der Waals surface area contributed by atoms with Crippen molar-refractivity contribution in [1.82, 2.24) is 14.5 Å². The summed E-state index contributed by atoms with van der Waals surface area (Å²) in [6, 6.07) is 6.41. The maximum absolute atomic E-state index is 13.2. The number of likely N-dealkylation sites (tertiary alicyclic amines) is 1. The third kappa shape index (κ3) is 5.00. The molecule has 2 atom stereocenters. The topological polar surface area (TPSA) is 96.0 Å². The first-order valence-corrected chi connectivity index (χ1v) is 13.1. The zero-order chi connectivity index (χ0) is 22.7. The van der Waals surface area contributed by atoms with Crippen molar-refractivity contribution in [3.63, 3.8) is 0 Å². The van der Waals surface area contributed by atoms with Crippen LogP contribution >= 0.6 is 0 Å². The monoisotopic (exact) mass is 463 g/mol. The van der Waals surface area contributed by atoms with E-state index >= 15 is 0 Å². The molecule has 8 nitrogen and oxygen atoms in total. The Bertz CT molecular complexity index is 919. The van der Waals surface area contributed by atoms with Gasteiger partial charge in [-0.1, -0.05) is 17.7 Å². The Kier molecular flexibility index (Phi) is 7.17. The van der Waals surface area contributed by atoms with E-state index in [0.717, 1.165) is 31.4 Å². The molecule has 0 bridgehead atoms. The van der Waals surface area contributed by atoms with Gasteiger partial charge in [-0.15, -0.1) is 0 Å². The van der Waals surface area contributed by atoms with Crippen molar-refractivity contribution in [3.8, 4) is 0 Å². The van der Waals surface area contributed by atoms with Gasteiger partial charge >= 0.3 is 0 Å². The summed E-state index contributed by atoms with van der Waals surface area (Å²) >= 11 is 0. The molecule has 9 heteroatoms. The lowest BCUT2D eigenvalue weighted by atomic mass is 9.96. The van der Waals surface area contributed by atoms with Crippen molar-refractivity contribution in [2.24, 2.45) is 5.92 Å². The number of carbonyl (C=O) groups is 2. The highest BCUT2D eigenvalue weighted by molar-refractivity contribution is 7.89. The fraction of sp³-hybridized carbons (Fsp3) is 0.652. The molecule has 0 spiro atoms. The van der Waals surface area contributed by atoms with E-state index < -0.39 is 16.1 Å². The number of aryl methyl sites for hydroxylation is 1. The summed E-state index contributed by atoms with van der Waals surface area (Å²) in [5, 5.41) is 2.96. The number of nitrogens with zero attached hydrogens (tertiary/aromatic N) is 2. The third-order valence-electron chi connectivity index (χ3n) is 6.83. The lowest BCUT2D eigenvalue weighted by Gasteiger charge is -2.34. The Balaban J connectivity index is 1.32. The second-order valence-corrected chi connectivity index (χ2v) is 11.0. The van der Waals surface area contributed by atoms with Crippen molar-refractivity contribution in [2.45, 2.75) is 62.5 Å². The van der Waals surface area contributed by atoms with Crippen LogP contribution in [0.15, 0.2) is 29.2 Å². The van der Waals surface area contributed by atoms with Crippen LogP contribution in [0.3, 0.4) is 0 Å². The van der Waals surface area contributed by atoms with Gasteiger partial charge in [-0.2, -0.15) is 4.31 Å². The normalized spacial score (nSPS) is 25.2. The number of ether oxygens (including phenoxy) is 1. The van der Waals surface area contributed by atoms with Crippen molar-refractivity contribution in [2.75, 3.05) is 32.8 Å².